The Balaban J connectivity index is 0.00000206. The first-order valence-corrected chi connectivity index (χ1v) is 11.5. The number of amides is 2. The minimum Gasteiger partial charge on any atom is -0.463 e. The molecule has 1 rings (SSSR count). The quantitative estimate of drug-likeness (QED) is 0.464. The Morgan fingerprint density at radius 2 is 1.74 bits per heavy atom. The number of piperidine rings is 1. The van der Waals surface area contributed by atoms with Crippen LogP contribution in [0.4, 0.5) is 0 Å². The fourth-order valence-corrected chi connectivity index (χ4v) is 3.30. The van der Waals surface area contributed by atoms with E-state index < -0.39 is 0 Å². The summed E-state index contributed by atoms with van der Waals surface area (Å²) in [6.07, 6.45) is 4.72. The molecule has 7 heteroatoms. The second-order valence-electron chi connectivity index (χ2n) is 9.25. The van der Waals surface area contributed by atoms with Crippen LogP contribution in [0.25, 0.3) is 0 Å². The van der Waals surface area contributed by atoms with Crippen LogP contribution in [-0.2, 0) is 19.1 Å². The van der Waals surface area contributed by atoms with Gasteiger partial charge in [-0.25, -0.2) is 4.79 Å². The third-order valence-corrected chi connectivity index (χ3v) is 5.03. The van der Waals surface area contributed by atoms with E-state index >= 15 is 0 Å². The summed E-state index contributed by atoms with van der Waals surface area (Å²) in [5, 5.41) is 2.77. The average molecular weight is 440 g/mol. The van der Waals surface area contributed by atoms with E-state index in [1.807, 2.05) is 25.8 Å². The molecule has 1 aliphatic heterocycles. The van der Waals surface area contributed by atoms with Gasteiger partial charge in [-0.3, -0.25) is 14.5 Å². The van der Waals surface area contributed by atoms with Crippen molar-refractivity contribution in [1.82, 2.24) is 15.1 Å². The van der Waals surface area contributed by atoms with Crippen molar-refractivity contribution in [2.24, 2.45) is 11.8 Å². The van der Waals surface area contributed by atoms with Crippen LogP contribution in [0.15, 0.2) is 11.6 Å². The zero-order valence-electron chi connectivity index (χ0n) is 21.2. The summed E-state index contributed by atoms with van der Waals surface area (Å²) in [6.45, 7) is 15.1. The fourth-order valence-electron chi connectivity index (χ4n) is 3.30. The van der Waals surface area contributed by atoms with Crippen LogP contribution in [0.5, 0.6) is 0 Å². The van der Waals surface area contributed by atoms with Gasteiger partial charge < -0.3 is 15.0 Å². The molecule has 2 amide bonds. The number of hydrogen-bond acceptors (Lipinski definition) is 5. The minimum absolute atomic E-state index is 0.0464. The van der Waals surface area contributed by atoms with E-state index in [1.165, 1.54) is 0 Å². The van der Waals surface area contributed by atoms with E-state index in [0.29, 0.717) is 12.2 Å². The molecule has 0 radical (unpaired) electrons. The molecule has 1 aliphatic rings. The number of rotatable bonds is 8. The van der Waals surface area contributed by atoms with Crippen LogP contribution in [0.1, 0.15) is 67.7 Å². The normalized spacial score (nSPS) is 18.2. The molecule has 2 atom stereocenters. The molecule has 0 aromatic heterocycles. The van der Waals surface area contributed by atoms with Gasteiger partial charge in [0.25, 0.3) is 0 Å². The lowest BCUT2D eigenvalue weighted by molar-refractivity contribution is -0.138. The number of hydrogen-bond donors (Lipinski definition) is 1. The SMILES string of the molecule is CC(C)C.CCOC(=O)/C(C)=C/[C@H](C(C)C)N(C)C(=O)CNC(=O)C1CCCCN1C. The minimum atomic E-state index is -0.377. The van der Waals surface area contributed by atoms with Gasteiger partial charge in [0.15, 0.2) is 0 Å². The molecule has 0 saturated carbocycles. The lowest BCUT2D eigenvalue weighted by Gasteiger charge is -2.32. The summed E-state index contributed by atoms with van der Waals surface area (Å²) < 4.78 is 5.01. The van der Waals surface area contributed by atoms with Crippen LogP contribution in [0.2, 0.25) is 0 Å². The number of nitrogens with zero attached hydrogens (tertiary/aromatic N) is 2. The molecule has 1 heterocycles. The maximum Gasteiger partial charge on any atom is 0.333 e. The molecule has 1 saturated heterocycles. The Kier molecular flexibility index (Phi) is 14.1. The van der Waals surface area contributed by atoms with Crippen molar-refractivity contribution in [1.29, 1.82) is 0 Å². The molecular formula is C24H45N3O4. The van der Waals surface area contributed by atoms with Gasteiger partial charge in [-0.05, 0) is 52.1 Å². The highest BCUT2D eigenvalue weighted by Crippen LogP contribution is 2.16. The number of nitrogens with one attached hydrogen (secondary N) is 1. The van der Waals surface area contributed by atoms with E-state index in [4.69, 9.17) is 4.74 Å². The molecule has 1 fully saturated rings. The first kappa shape index (κ1) is 29.1. The second kappa shape index (κ2) is 15.0. The number of ether oxygens (including phenoxy) is 1. The standard InChI is InChI=1S/C20H35N3O4.C4H10/c1-7-27-20(26)15(4)12-17(14(2)3)23(6)18(24)13-21-19(25)16-10-8-9-11-22(16)5;1-4(2)3/h12,14,16-17H,7-11,13H2,1-6H3,(H,21,25);4H,1-3H3/b15-12+;/t16?,17-;/m1./s1. The summed E-state index contributed by atoms with van der Waals surface area (Å²) in [5.41, 5.74) is 0.475. The maximum atomic E-state index is 12.6. The summed E-state index contributed by atoms with van der Waals surface area (Å²) in [4.78, 5) is 40.4. The third kappa shape index (κ3) is 11.3. The zero-order chi connectivity index (χ0) is 24.1. The third-order valence-electron chi connectivity index (χ3n) is 5.03. The summed E-state index contributed by atoms with van der Waals surface area (Å²) in [6, 6.07) is -0.417. The van der Waals surface area contributed by atoms with Crippen LogP contribution >= 0.6 is 0 Å². The van der Waals surface area contributed by atoms with E-state index in [-0.39, 0.29) is 42.3 Å². The molecular weight excluding hydrogens is 394 g/mol. The molecule has 0 bridgehead atoms. The smallest absolute Gasteiger partial charge is 0.333 e. The lowest BCUT2D eigenvalue weighted by atomic mass is 10.00. The number of esters is 1. The van der Waals surface area contributed by atoms with E-state index in [9.17, 15) is 14.4 Å². The van der Waals surface area contributed by atoms with E-state index in [0.717, 1.165) is 31.7 Å². The average Bonchev–Trinajstić information content (AvgIpc) is 2.69. The van der Waals surface area contributed by atoms with Gasteiger partial charge in [-0.1, -0.05) is 47.1 Å². The van der Waals surface area contributed by atoms with Crippen LogP contribution in [0.3, 0.4) is 0 Å². The second-order valence-corrected chi connectivity index (χ2v) is 9.25. The van der Waals surface area contributed by atoms with Gasteiger partial charge in [-0.2, -0.15) is 0 Å². The molecule has 1 unspecified atom stereocenters. The van der Waals surface area contributed by atoms with E-state index in [2.05, 4.69) is 26.1 Å². The van der Waals surface area contributed by atoms with Crippen LogP contribution in [-0.4, -0.2) is 73.5 Å². The fraction of sp³-hybridized carbons (Fsp3) is 0.792. The topological polar surface area (TPSA) is 79.0 Å². The lowest BCUT2D eigenvalue weighted by Crippen LogP contribution is -2.51. The number of carbonyl (C=O) groups excluding carboxylic acids is 3. The van der Waals surface area contributed by atoms with Gasteiger partial charge in [0.05, 0.1) is 25.2 Å². The van der Waals surface area contributed by atoms with Crippen molar-refractivity contribution in [2.75, 3.05) is 33.8 Å². The Labute approximate surface area is 189 Å². The van der Waals surface area contributed by atoms with Gasteiger partial charge >= 0.3 is 5.97 Å². The van der Waals surface area contributed by atoms with Crippen molar-refractivity contribution < 1.29 is 19.1 Å². The molecule has 0 spiro atoms. The van der Waals surface area contributed by atoms with E-state index in [1.54, 1.807) is 31.9 Å². The van der Waals surface area contributed by atoms with Crippen molar-refractivity contribution in [3.8, 4) is 0 Å². The van der Waals surface area contributed by atoms with Crippen molar-refractivity contribution in [3.63, 3.8) is 0 Å². The maximum absolute atomic E-state index is 12.6. The Morgan fingerprint density at radius 1 is 1.16 bits per heavy atom. The van der Waals surface area contributed by atoms with Gasteiger partial charge in [-0.15, -0.1) is 0 Å². The van der Waals surface area contributed by atoms with Crippen molar-refractivity contribution in [3.05, 3.63) is 11.6 Å². The molecule has 31 heavy (non-hydrogen) atoms. The van der Waals surface area contributed by atoms with Gasteiger partial charge in [0.2, 0.25) is 11.8 Å². The summed E-state index contributed by atoms with van der Waals surface area (Å²) in [5.74, 6) is 0.285. The molecule has 1 N–H and O–H groups in total. The predicted molar refractivity (Wildman–Crippen MR) is 126 cm³/mol. The molecule has 0 aromatic rings. The Morgan fingerprint density at radius 3 is 2.23 bits per heavy atom. The number of likely N-dealkylation sites (tertiary alicyclic amines) is 1. The summed E-state index contributed by atoms with van der Waals surface area (Å²) in [7, 11) is 3.63. The van der Waals surface area contributed by atoms with Crippen LogP contribution in [0, 0.1) is 11.8 Å². The number of likely N-dealkylation sites (N-methyl/N-ethyl adjacent to an activating group) is 2. The van der Waals surface area contributed by atoms with Crippen LogP contribution < -0.4 is 5.32 Å². The first-order chi connectivity index (χ1) is 14.4. The Hall–Kier alpha value is -1.89. The predicted octanol–water partition coefficient (Wildman–Crippen LogP) is 3.24. The molecule has 0 aliphatic carbocycles. The van der Waals surface area contributed by atoms with Crippen molar-refractivity contribution >= 4 is 17.8 Å². The van der Waals surface area contributed by atoms with Gasteiger partial charge in [0.1, 0.15) is 0 Å². The highest BCUT2D eigenvalue weighted by molar-refractivity contribution is 5.89. The highest BCUT2D eigenvalue weighted by Gasteiger charge is 2.27. The first-order valence-electron chi connectivity index (χ1n) is 11.5. The monoisotopic (exact) mass is 439 g/mol. The zero-order valence-corrected chi connectivity index (χ0v) is 21.2. The summed E-state index contributed by atoms with van der Waals surface area (Å²) >= 11 is 0. The molecule has 7 nitrogen and oxygen atoms in total. The van der Waals surface area contributed by atoms with Gasteiger partial charge in [0, 0.05) is 12.6 Å². The largest absolute Gasteiger partial charge is 0.463 e. The van der Waals surface area contributed by atoms with Crippen molar-refractivity contribution in [2.45, 2.75) is 79.8 Å². The molecule has 0 aromatic carbocycles. The Bertz CT molecular complexity index is 599. The number of carbonyl (C=O) groups is 3. The molecule has 180 valence electrons. The highest BCUT2D eigenvalue weighted by atomic mass is 16.5.